The maximum atomic E-state index is 10.8. The van der Waals surface area contributed by atoms with Gasteiger partial charge in [-0.2, -0.15) is 0 Å². The minimum Gasteiger partial charge on any atom is -0.478 e. The summed E-state index contributed by atoms with van der Waals surface area (Å²) < 4.78 is 0. The Hall–Kier alpha value is -1.90. The van der Waals surface area contributed by atoms with E-state index in [1.165, 1.54) is 0 Å². The van der Waals surface area contributed by atoms with Gasteiger partial charge in [0, 0.05) is 16.8 Å². The van der Waals surface area contributed by atoms with Gasteiger partial charge in [0.2, 0.25) is 0 Å². The smallest absolute Gasteiger partial charge is 0.335 e. The van der Waals surface area contributed by atoms with Crippen LogP contribution < -0.4 is 0 Å². The Kier molecular flexibility index (Phi) is 2.15. The Morgan fingerprint density at radius 2 is 2.00 bits per heavy atom. The maximum Gasteiger partial charge on any atom is 0.335 e. The third-order valence-electron chi connectivity index (χ3n) is 2.40. The Labute approximate surface area is 87.4 Å². The largest absolute Gasteiger partial charge is 0.478 e. The van der Waals surface area contributed by atoms with Crippen molar-refractivity contribution in [2.24, 2.45) is 0 Å². The standard InChI is InChI=1S/C12H11NO2/c1-7-5-10-6-9(12(14)15)3-4-11(10)8(2)13-7/h3-6H,1-2H3,(H,14,15). The van der Waals surface area contributed by atoms with Crippen LogP contribution in [-0.2, 0) is 0 Å². The van der Waals surface area contributed by atoms with E-state index in [0.29, 0.717) is 5.56 Å². The van der Waals surface area contributed by atoms with Crippen molar-refractivity contribution in [3.05, 3.63) is 41.2 Å². The van der Waals surface area contributed by atoms with Crippen LogP contribution in [-0.4, -0.2) is 16.1 Å². The molecule has 0 spiro atoms. The van der Waals surface area contributed by atoms with E-state index in [1.54, 1.807) is 18.2 Å². The molecule has 0 unspecified atom stereocenters. The predicted molar refractivity (Wildman–Crippen MR) is 58.2 cm³/mol. The number of carbonyl (C=O) groups is 1. The number of nitrogens with zero attached hydrogens (tertiary/aromatic N) is 1. The summed E-state index contributed by atoms with van der Waals surface area (Å²) in [7, 11) is 0. The fourth-order valence-corrected chi connectivity index (χ4v) is 1.73. The lowest BCUT2D eigenvalue weighted by atomic mass is 10.1. The van der Waals surface area contributed by atoms with Crippen LogP contribution in [0.2, 0.25) is 0 Å². The monoisotopic (exact) mass is 201 g/mol. The van der Waals surface area contributed by atoms with Gasteiger partial charge in [0.05, 0.1) is 5.56 Å². The molecule has 0 saturated heterocycles. The van der Waals surface area contributed by atoms with Crippen molar-refractivity contribution in [3.63, 3.8) is 0 Å². The molecule has 0 bridgehead atoms. The van der Waals surface area contributed by atoms with E-state index < -0.39 is 5.97 Å². The van der Waals surface area contributed by atoms with E-state index in [1.807, 2.05) is 19.9 Å². The number of carboxylic acid groups (broad SMARTS) is 1. The number of hydrogen-bond acceptors (Lipinski definition) is 2. The van der Waals surface area contributed by atoms with E-state index >= 15 is 0 Å². The van der Waals surface area contributed by atoms with Crippen LogP contribution in [0.15, 0.2) is 24.3 Å². The zero-order chi connectivity index (χ0) is 11.0. The third-order valence-corrected chi connectivity index (χ3v) is 2.40. The van der Waals surface area contributed by atoms with E-state index in [4.69, 9.17) is 5.11 Å². The molecule has 2 rings (SSSR count). The highest BCUT2D eigenvalue weighted by Gasteiger charge is 2.05. The van der Waals surface area contributed by atoms with Gasteiger partial charge in [-0.15, -0.1) is 0 Å². The van der Waals surface area contributed by atoms with Crippen molar-refractivity contribution in [2.75, 3.05) is 0 Å². The lowest BCUT2D eigenvalue weighted by Crippen LogP contribution is -1.96. The molecular weight excluding hydrogens is 190 g/mol. The molecule has 0 amide bonds. The van der Waals surface area contributed by atoms with Gasteiger partial charge in [-0.05, 0) is 37.4 Å². The molecule has 0 aliphatic rings. The number of hydrogen-bond donors (Lipinski definition) is 1. The van der Waals surface area contributed by atoms with Crippen LogP contribution in [0.4, 0.5) is 0 Å². The molecule has 0 fully saturated rings. The second kappa shape index (κ2) is 3.35. The lowest BCUT2D eigenvalue weighted by Gasteiger charge is -2.04. The van der Waals surface area contributed by atoms with Crippen LogP contribution in [0.3, 0.4) is 0 Å². The van der Waals surface area contributed by atoms with Crippen molar-refractivity contribution >= 4 is 16.7 Å². The summed E-state index contributed by atoms with van der Waals surface area (Å²) in [5, 5.41) is 10.8. The number of aromatic nitrogens is 1. The number of aromatic carboxylic acids is 1. The van der Waals surface area contributed by atoms with Gasteiger partial charge in [-0.1, -0.05) is 6.07 Å². The van der Waals surface area contributed by atoms with E-state index in [0.717, 1.165) is 22.2 Å². The van der Waals surface area contributed by atoms with E-state index in [-0.39, 0.29) is 0 Å². The Balaban J connectivity index is 2.76. The molecule has 0 radical (unpaired) electrons. The van der Waals surface area contributed by atoms with Crippen molar-refractivity contribution in [1.29, 1.82) is 0 Å². The van der Waals surface area contributed by atoms with Gasteiger partial charge in [0.25, 0.3) is 0 Å². The summed E-state index contributed by atoms with van der Waals surface area (Å²) >= 11 is 0. The van der Waals surface area contributed by atoms with Crippen LogP contribution in [0, 0.1) is 13.8 Å². The topological polar surface area (TPSA) is 50.2 Å². The number of fused-ring (bicyclic) bond motifs is 1. The molecule has 1 aromatic carbocycles. The fourth-order valence-electron chi connectivity index (χ4n) is 1.73. The molecule has 3 nitrogen and oxygen atoms in total. The minimum absolute atomic E-state index is 0.313. The molecule has 15 heavy (non-hydrogen) atoms. The van der Waals surface area contributed by atoms with Crippen molar-refractivity contribution in [1.82, 2.24) is 4.98 Å². The highest BCUT2D eigenvalue weighted by Crippen LogP contribution is 2.19. The van der Waals surface area contributed by atoms with Gasteiger partial charge in [-0.3, -0.25) is 4.98 Å². The lowest BCUT2D eigenvalue weighted by molar-refractivity contribution is 0.0697. The van der Waals surface area contributed by atoms with Gasteiger partial charge in [0.15, 0.2) is 0 Å². The van der Waals surface area contributed by atoms with Crippen LogP contribution in [0.5, 0.6) is 0 Å². The van der Waals surface area contributed by atoms with Gasteiger partial charge < -0.3 is 5.11 Å². The number of aryl methyl sites for hydroxylation is 2. The molecule has 0 atom stereocenters. The first-order chi connectivity index (χ1) is 7.08. The first-order valence-corrected chi connectivity index (χ1v) is 4.69. The van der Waals surface area contributed by atoms with E-state index in [9.17, 15) is 4.79 Å². The minimum atomic E-state index is -0.899. The zero-order valence-electron chi connectivity index (χ0n) is 8.61. The highest BCUT2D eigenvalue weighted by molar-refractivity contribution is 5.95. The summed E-state index contributed by atoms with van der Waals surface area (Å²) in [6.45, 7) is 3.83. The predicted octanol–water partition coefficient (Wildman–Crippen LogP) is 2.55. The Morgan fingerprint density at radius 3 is 2.67 bits per heavy atom. The molecule has 1 aromatic heterocycles. The molecule has 0 saturated carbocycles. The average Bonchev–Trinajstić information content (AvgIpc) is 2.16. The van der Waals surface area contributed by atoms with Crippen molar-refractivity contribution in [2.45, 2.75) is 13.8 Å². The first-order valence-electron chi connectivity index (χ1n) is 4.69. The zero-order valence-corrected chi connectivity index (χ0v) is 8.61. The molecular formula is C12H11NO2. The second-order valence-electron chi connectivity index (χ2n) is 3.59. The van der Waals surface area contributed by atoms with Gasteiger partial charge in [0.1, 0.15) is 0 Å². The normalized spacial score (nSPS) is 10.5. The summed E-state index contributed by atoms with van der Waals surface area (Å²) in [5.41, 5.74) is 2.15. The number of carboxylic acids is 1. The molecule has 76 valence electrons. The SMILES string of the molecule is Cc1cc2cc(C(=O)O)ccc2c(C)n1. The number of rotatable bonds is 1. The van der Waals surface area contributed by atoms with Crippen LogP contribution in [0.1, 0.15) is 21.7 Å². The average molecular weight is 201 g/mol. The fraction of sp³-hybridized carbons (Fsp3) is 0.167. The molecule has 2 aromatic rings. The van der Waals surface area contributed by atoms with Gasteiger partial charge in [-0.25, -0.2) is 4.79 Å². The molecule has 1 heterocycles. The van der Waals surface area contributed by atoms with E-state index in [2.05, 4.69) is 4.98 Å². The van der Waals surface area contributed by atoms with Crippen LogP contribution >= 0.6 is 0 Å². The van der Waals surface area contributed by atoms with Gasteiger partial charge >= 0.3 is 5.97 Å². The summed E-state index contributed by atoms with van der Waals surface area (Å²) in [6.07, 6.45) is 0. The highest BCUT2D eigenvalue weighted by atomic mass is 16.4. The van der Waals surface area contributed by atoms with Crippen LogP contribution in [0.25, 0.3) is 10.8 Å². The summed E-state index contributed by atoms with van der Waals surface area (Å²) in [4.78, 5) is 15.1. The molecule has 0 aliphatic carbocycles. The molecule has 0 aliphatic heterocycles. The van der Waals surface area contributed by atoms with Crippen molar-refractivity contribution in [3.8, 4) is 0 Å². The summed E-state index contributed by atoms with van der Waals surface area (Å²) in [6, 6.07) is 6.99. The quantitative estimate of drug-likeness (QED) is 0.771. The maximum absolute atomic E-state index is 10.8. The third kappa shape index (κ3) is 1.68. The summed E-state index contributed by atoms with van der Waals surface area (Å²) in [5.74, 6) is -0.899. The Morgan fingerprint density at radius 1 is 1.27 bits per heavy atom. The molecule has 1 N–H and O–H groups in total. The first kappa shape index (κ1) is 9.65. The molecule has 3 heteroatoms. The number of benzene rings is 1. The Bertz CT molecular complexity index is 547. The van der Waals surface area contributed by atoms with Crippen molar-refractivity contribution < 1.29 is 9.90 Å². The number of pyridine rings is 1. The second-order valence-corrected chi connectivity index (χ2v) is 3.59.